The highest BCUT2D eigenvalue weighted by Gasteiger charge is 2.33. The molecule has 1 atom stereocenters. The second kappa shape index (κ2) is 7.66. The molecular weight excluding hydrogens is 281 g/mol. The zero-order chi connectivity index (χ0) is 16.0. The Kier molecular flexibility index (Phi) is 6.48. The van der Waals surface area contributed by atoms with Crippen molar-refractivity contribution in [2.24, 2.45) is 11.7 Å². The number of rotatable bonds is 7. The Labute approximate surface area is 123 Å². The number of hydrogen-bond acceptors (Lipinski definition) is 3. The van der Waals surface area contributed by atoms with Crippen molar-refractivity contribution in [1.29, 1.82) is 0 Å². The summed E-state index contributed by atoms with van der Waals surface area (Å²) in [5.74, 6) is 0.220. The first-order valence-corrected chi connectivity index (χ1v) is 7.07. The quantitative estimate of drug-likeness (QED) is 0.837. The van der Waals surface area contributed by atoms with E-state index in [0.29, 0.717) is 18.0 Å². The molecule has 1 unspecified atom stereocenters. The summed E-state index contributed by atoms with van der Waals surface area (Å²) in [6.45, 7) is 7.80. The summed E-state index contributed by atoms with van der Waals surface area (Å²) in [5, 5.41) is 0. The van der Waals surface area contributed by atoms with E-state index >= 15 is 0 Å². The maximum absolute atomic E-state index is 12.5. The van der Waals surface area contributed by atoms with Crippen LogP contribution in [0.4, 0.5) is 13.2 Å². The SMILES string of the molecule is CCN(CC(C)C)C(CN)c1ccccc1OC(F)(F)F. The number of benzene rings is 1. The fourth-order valence-electron chi connectivity index (χ4n) is 2.39. The summed E-state index contributed by atoms with van der Waals surface area (Å²) in [6.07, 6.45) is -4.70. The van der Waals surface area contributed by atoms with Gasteiger partial charge in [0.05, 0.1) is 6.04 Å². The molecule has 3 nitrogen and oxygen atoms in total. The van der Waals surface area contributed by atoms with E-state index in [0.717, 1.165) is 6.54 Å². The van der Waals surface area contributed by atoms with Crippen molar-refractivity contribution in [2.75, 3.05) is 19.6 Å². The molecule has 0 bridgehead atoms. The molecule has 21 heavy (non-hydrogen) atoms. The van der Waals surface area contributed by atoms with Crippen LogP contribution >= 0.6 is 0 Å². The molecule has 2 N–H and O–H groups in total. The van der Waals surface area contributed by atoms with Crippen molar-refractivity contribution < 1.29 is 17.9 Å². The molecule has 0 heterocycles. The lowest BCUT2D eigenvalue weighted by atomic mass is 10.0. The molecule has 0 saturated carbocycles. The largest absolute Gasteiger partial charge is 0.573 e. The predicted octanol–water partition coefficient (Wildman–Crippen LogP) is 3.56. The zero-order valence-electron chi connectivity index (χ0n) is 12.7. The normalized spacial score (nSPS) is 13.8. The van der Waals surface area contributed by atoms with Crippen molar-refractivity contribution in [2.45, 2.75) is 33.2 Å². The summed E-state index contributed by atoms with van der Waals surface area (Å²) in [6, 6.07) is 5.90. The van der Waals surface area contributed by atoms with Crippen LogP contribution in [0.5, 0.6) is 5.75 Å². The van der Waals surface area contributed by atoms with Gasteiger partial charge in [-0.15, -0.1) is 13.2 Å². The highest BCUT2D eigenvalue weighted by Crippen LogP contribution is 2.32. The summed E-state index contributed by atoms with van der Waals surface area (Å²) in [5.41, 5.74) is 6.28. The van der Waals surface area contributed by atoms with Gasteiger partial charge < -0.3 is 10.5 Å². The van der Waals surface area contributed by atoms with E-state index in [-0.39, 0.29) is 18.3 Å². The molecule has 0 aromatic heterocycles. The molecule has 0 aliphatic heterocycles. The van der Waals surface area contributed by atoms with Crippen LogP contribution in [0.2, 0.25) is 0 Å². The summed E-state index contributed by atoms with van der Waals surface area (Å²) < 4.78 is 41.7. The predicted molar refractivity (Wildman–Crippen MR) is 77.0 cm³/mol. The van der Waals surface area contributed by atoms with Crippen LogP contribution in [0.25, 0.3) is 0 Å². The standard InChI is InChI=1S/C15H23F3N2O/c1-4-20(10-11(2)3)13(9-19)12-7-5-6-8-14(12)21-15(16,17)18/h5-8,11,13H,4,9-10,19H2,1-3H3. The first kappa shape index (κ1) is 17.8. The van der Waals surface area contributed by atoms with Gasteiger partial charge in [-0.25, -0.2) is 0 Å². The van der Waals surface area contributed by atoms with Gasteiger partial charge in [0.2, 0.25) is 0 Å². The Balaban J connectivity index is 3.09. The Morgan fingerprint density at radius 3 is 2.33 bits per heavy atom. The van der Waals surface area contributed by atoms with Crippen molar-refractivity contribution in [3.8, 4) is 5.75 Å². The third kappa shape index (κ3) is 5.55. The van der Waals surface area contributed by atoms with Gasteiger partial charge in [0.1, 0.15) is 5.75 Å². The molecule has 120 valence electrons. The Hall–Kier alpha value is -1.27. The van der Waals surface area contributed by atoms with Gasteiger partial charge in [-0.05, 0) is 18.5 Å². The monoisotopic (exact) mass is 304 g/mol. The van der Waals surface area contributed by atoms with Crippen LogP contribution in [0.3, 0.4) is 0 Å². The van der Waals surface area contributed by atoms with E-state index in [2.05, 4.69) is 23.5 Å². The van der Waals surface area contributed by atoms with Crippen molar-refractivity contribution in [1.82, 2.24) is 4.90 Å². The summed E-state index contributed by atoms with van der Waals surface area (Å²) in [4.78, 5) is 2.07. The van der Waals surface area contributed by atoms with E-state index in [9.17, 15) is 13.2 Å². The van der Waals surface area contributed by atoms with E-state index in [1.54, 1.807) is 12.1 Å². The number of nitrogens with two attached hydrogens (primary N) is 1. The molecule has 6 heteroatoms. The topological polar surface area (TPSA) is 38.5 Å². The van der Waals surface area contributed by atoms with Crippen LogP contribution in [-0.2, 0) is 0 Å². The molecule has 1 rings (SSSR count). The van der Waals surface area contributed by atoms with Gasteiger partial charge in [-0.1, -0.05) is 39.0 Å². The number of nitrogens with zero attached hydrogens (tertiary/aromatic N) is 1. The number of hydrogen-bond donors (Lipinski definition) is 1. The summed E-state index contributed by atoms with van der Waals surface area (Å²) >= 11 is 0. The zero-order valence-corrected chi connectivity index (χ0v) is 12.7. The van der Waals surface area contributed by atoms with Gasteiger partial charge >= 0.3 is 6.36 Å². The van der Waals surface area contributed by atoms with Crippen LogP contribution in [0.15, 0.2) is 24.3 Å². The minimum Gasteiger partial charge on any atom is -0.405 e. The first-order valence-electron chi connectivity index (χ1n) is 7.07. The van der Waals surface area contributed by atoms with Gasteiger partial charge in [-0.3, -0.25) is 4.90 Å². The van der Waals surface area contributed by atoms with Crippen LogP contribution in [0.1, 0.15) is 32.4 Å². The van der Waals surface area contributed by atoms with E-state index < -0.39 is 6.36 Å². The second-order valence-corrected chi connectivity index (χ2v) is 5.32. The van der Waals surface area contributed by atoms with Crippen molar-refractivity contribution in [3.63, 3.8) is 0 Å². The number of likely N-dealkylation sites (N-methyl/N-ethyl adjacent to an activating group) is 1. The fraction of sp³-hybridized carbons (Fsp3) is 0.600. The number of halogens is 3. The van der Waals surface area contributed by atoms with Crippen LogP contribution < -0.4 is 10.5 Å². The van der Waals surface area contributed by atoms with Gasteiger partial charge in [0.15, 0.2) is 0 Å². The van der Waals surface area contributed by atoms with Gasteiger partial charge in [0.25, 0.3) is 0 Å². The Morgan fingerprint density at radius 1 is 1.24 bits per heavy atom. The summed E-state index contributed by atoms with van der Waals surface area (Å²) in [7, 11) is 0. The molecule has 0 fully saturated rings. The van der Waals surface area contributed by atoms with Crippen molar-refractivity contribution in [3.05, 3.63) is 29.8 Å². The molecule has 0 saturated heterocycles. The highest BCUT2D eigenvalue weighted by molar-refractivity contribution is 5.36. The molecule has 1 aromatic rings. The van der Waals surface area contributed by atoms with Gasteiger partial charge in [-0.2, -0.15) is 0 Å². The average molecular weight is 304 g/mol. The maximum atomic E-state index is 12.5. The third-order valence-corrected chi connectivity index (χ3v) is 3.17. The Bertz CT molecular complexity index is 435. The smallest absolute Gasteiger partial charge is 0.405 e. The van der Waals surface area contributed by atoms with Crippen molar-refractivity contribution >= 4 is 0 Å². The highest BCUT2D eigenvalue weighted by atomic mass is 19.4. The minimum atomic E-state index is -4.70. The number of alkyl halides is 3. The van der Waals surface area contributed by atoms with Crippen LogP contribution in [0, 0.1) is 5.92 Å². The fourth-order valence-corrected chi connectivity index (χ4v) is 2.39. The second-order valence-electron chi connectivity index (χ2n) is 5.32. The minimum absolute atomic E-state index is 0.178. The lowest BCUT2D eigenvalue weighted by molar-refractivity contribution is -0.275. The maximum Gasteiger partial charge on any atom is 0.573 e. The number of para-hydroxylation sites is 1. The molecule has 0 aliphatic carbocycles. The molecule has 0 radical (unpaired) electrons. The average Bonchev–Trinajstić information content (AvgIpc) is 2.38. The first-order chi connectivity index (χ1) is 9.78. The van der Waals surface area contributed by atoms with Gasteiger partial charge in [0, 0.05) is 18.7 Å². The lowest BCUT2D eigenvalue weighted by Crippen LogP contribution is -2.36. The lowest BCUT2D eigenvalue weighted by Gasteiger charge is -2.32. The Morgan fingerprint density at radius 2 is 1.86 bits per heavy atom. The molecule has 1 aromatic carbocycles. The van der Waals surface area contributed by atoms with E-state index in [4.69, 9.17) is 5.73 Å². The molecule has 0 aliphatic rings. The third-order valence-electron chi connectivity index (χ3n) is 3.17. The molecule has 0 amide bonds. The van der Waals surface area contributed by atoms with Crippen LogP contribution in [-0.4, -0.2) is 30.9 Å². The number of ether oxygens (including phenoxy) is 1. The molecular formula is C15H23F3N2O. The van der Waals surface area contributed by atoms with E-state index in [1.807, 2.05) is 6.92 Å². The van der Waals surface area contributed by atoms with E-state index in [1.165, 1.54) is 12.1 Å². The molecule has 0 spiro atoms.